The first-order chi connectivity index (χ1) is 18.1. The highest BCUT2D eigenvalue weighted by Crippen LogP contribution is 2.43. The van der Waals surface area contributed by atoms with Crippen molar-refractivity contribution in [2.75, 3.05) is 27.4 Å². The molecule has 1 atom stereocenters. The van der Waals surface area contributed by atoms with Crippen molar-refractivity contribution in [1.29, 1.82) is 0 Å². The van der Waals surface area contributed by atoms with Gasteiger partial charge in [0.15, 0.2) is 0 Å². The molecule has 7 nitrogen and oxygen atoms in total. The molecule has 1 N–H and O–H groups in total. The molecule has 0 radical (unpaired) electrons. The van der Waals surface area contributed by atoms with Gasteiger partial charge in [0.05, 0.1) is 18.8 Å². The van der Waals surface area contributed by atoms with Gasteiger partial charge in [-0.2, -0.15) is 5.10 Å². The normalized spacial score (nSPS) is 14.6. The topological polar surface area (TPSA) is 76.7 Å². The Balaban J connectivity index is 1.45. The average molecular weight is 518 g/mol. The number of carbonyl (C=O) groups is 1. The molecule has 8 heteroatoms. The van der Waals surface area contributed by atoms with E-state index in [2.05, 4.69) is 10.2 Å². The van der Waals surface area contributed by atoms with Gasteiger partial charge in [-0.05, 0) is 54.4 Å². The molecule has 0 aliphatic carbocycles. The van der Waals surface area contributed by atoms with Crippen molar-refractivity contribution < 1.29 is 19.0 Å². The summed E-state index contributed by atoms with van der Waals surface area (Å²) in [5.74, 6) is 1.42. The van der Waals surface area contributed by atoms with Gasteiger partial charge < -0.3 is 19.1 Å². The third kappa shape index (κ3) is 5.05. The summed E-state index contributed by atoms with van der Waals surface area (Å²) in [6.07, 6.45) is 0.730. The van der Waals surface area contributed by atoms with Crippen LogP contribution in [-0.2, 0) is 11.3 Å². The predicted octanol–water partition coefficient (Wildman–Crippen LogP) is 5.90. The number of methoxy groups -OCH3 is 2. The zero-order valence-corrected chi connectivity index (χ0v) is 21.5. The highest BCUT2D eigenvalue weighted by molar-refractivity contribution is 6.31. The van der Waals surface area contributed by atoms with Crippen LogP contribution >= 0.6 is 11.6 Å². The molecule has 1 aliphatic heterocycles. The summed E-state index contributed by atoms with van der Waals surface area (Å²) >= 11 is 6.26. The molecule has 0 fully saturated rings. The number of hydrogen-bond donors (Lipinski definition) is 1. The summed E-state index contributed by atoms with van der Waals surface area (Å²) in [5.41, 5.74) is 4.96. The first kappa shape index (κ1) is 24.9. The van der Waals surface area contributed by atoms with Gasteiger partial charge in [-0.25, -0.2) is 0 Å². The lowest BCUT2D eigenvalue weighted by Crippen LogP contribution is -2.31. The average Bonchev–Trinajstić information content (AvgIpc) is 3.48. The van der Waals surface area contributed by atoms with Crippen LogP contribution in [-0.4, -0.2) is 48.4 Å². The van der Waals surface area contributed by atoms with E-state index in [4.69, 9.17) is 25.8 Å². The highest BCUT2D eigenvalue weighted by atomic mass is 35.5. The van der Waals surface area contributed by atoms with Crippen molar-refractivity contribution in [2.24, 2.45) is 0 Å². The molecule has 4 aromatic rings. The molecule has 190 valence electrons. The lowest BCUT2D eigenvalue weighted by molar-refractivity contribution is 0.0723. The maximum absolute atomic E-state index is 13.4. The molecule has 1 unspecified atom stereocenters. The monoisotopic (exact) mass is 517 g/mol. The summed E-state index contributed by atoms with van der Waals surface area (Å²) in [4.78, 5) is 15.3. The molecule has 0 saturated heterocycles. The van der Waals surface area contributed by atoms with E-state index in [1.807, 2.05) is 77.7 Å². The van der Waals surface area contributed by atoms with Gasteiger partial charge in [-0.1, -0.05) is 41.9 Å². The van der Waals surface area contributed by atoms with Crippen molar-refractivity contribution in [2.45, 2.75) is 19.1 Å². The Morgan fingerprint density at radius 1 is 0.973 bits per heavy atom. The fourth-order valence-electron chi connectivity index (χ4n) is 4.64. The van der Waals surface area contributed by atoms with Gasteiger partial charge in [-0.3, -0.25) is 9.89 Å². The van der Waals surface area contributed by atoms with E-state index in [0.29, 0.717) is 30.5 Å². The molecule has 3 aromatic carbocycles. The van der Waals surface area contributed by atoms with E-state index in [-0.39, 0.29) is 11.9 Å². The summed E-state index contributed by atoms with van der Waals surface area (Å²) in [7, 11) is 3.30. The third-order valence-corrected chi connectivity index (χ3v) is 6.89. The zero-order chi connectivity index (χ0) is 25.8. The molecular weight excluding hydrogens is 490 g/mol. The van der Waals surface area contributed by atoms with Gasteiger partial charge >= 0.3 is 0 Å². The Hall–Kier alpha value is -3.81. The molecule has 1 aromatic heterocycles. The number of fused-ring (bicyclic) bond motifs is 1. The van der Waals surface area contributed by atoms with E-state index in [1.165, 1.54) is 0 Å². The molecule has 2 heterocycles. The summed E-state index contributed by atoms with van der Waals surface area (Å²) in [6.45, 7) is 1.51. The fourth-order valence-corrected chi connectivity index (χ4v) is 4.84. The Labute approximate surface area is 220 Å². The Kier molecular flexibility index (Phi) is 7.44. The van der Waals surface area contributed by atoms with E-state index in [9.17, 15) is 4.79 Å². The number of H-pyrrole nitrogens is 1. The number of ether oxygens (including phenoxy) is 3. The fraction of sp³-hybridized carbons (Fsp3) is 0.241. The summed E-state index contributed by atoms with van der Waals surface area (Å²) in [6, 6.07) is 22.9. The SMILES string of the molecule is COCCCN1C(=O)c2[nH]nc(-c3ccc(OC)cc3)c2C1c1ccc(OCc2ccccc2Cl)cc1. The van der Waals surface area contributed by atoms with Crippen molar-refractivity contribution in [1.82, 2.24) is 15.1 Å². The molecule has 37 heavy (non-hydrogen) atoms. The van der Waals surface area contributed by atoms with Crippen LogP contribution in [0.1, 0.15) is 39.6 Å². The van der Waals surface area contributed by atoms with E-state index in [1.54, 1.807) is 14.2 Å². The second-order valence-corrected chi connectivity index (χ2v) is 9.19. The maximum Gasteiger partial charge on any atom is 0.273 e. The van der Waals surface area contributed by atoms with Crippen LogP contribution in [0.3, 0.4) is 0 Å². The lowest BCUT2D eigenvalue weighted by Gasteiger charge is -2.26. The third-order valence-electron chi connectivity index (χ3n) is 6.52. The highest BCUT2D eigenvalue weighted by Gasteiger charge is 2.41. The molecule has 1 amide bonds. The first-order valence-corrected chi connectivity index (χ1v) is 12.5. The van der Waals surface area contributed by atoms with Gasteiger partial charge in [0, 0.05) is 42.0 Å². The second-order valence-electron chi connectivity index (χ2n) is 8.79. The Bertz CT molecular complexity index is 1370. The Morgan fingerprint density at radius 2 is 1.70 bits per heavy atom. The number of benzene rings is 3. The van der Waals surface area contributed by atoms with E-state index >= 15 is 0 Å². The van der Waals surface area contributed by atoms with Crippen LogP contribution in [0.2, 0.25) is 5.02 Å². The van der Waals surface area contributed by atoms with Crippen LogP contribution in [0.4, 0.5) is 0 Å². The van der Waals surface area contributed by atoms with Gasteiger partial charge in [-0.15, -0.1) is 0 Å². The molecule has 0 bridgehead atoms. The minimum atomic E-state index is -0.284. The second kappa shape index (κ2) is 11.1. The first-order valence-electron chi connectivity index (χ1n) is 12.1. The van der Waals surface area contributed by atoms with E-state index < -0.39 is 0 Å². The Morgan fingerprint density at radius 3 is 2.41 bits per heavy atom. The molecule has 5 rings (SSSR count). The minimum absolute atomic E-state index is 0.0672. The molecule has 1 aliphatic rings. The van der Waals surface area contributed by atoms with Crippen molar-refractivity contribution in [3.8, 4) is 22.8 Å². The number of nitrogens with one attached hydrogen (secondary N) is 1. The number of nitrogens with zero attached hydrogens (tertiary/aromatic N) is 2. The minimum Gasteiger partial charge on any atom is -0.497 e. The number of aromatic amines is 1. The molecular formula is C29H28ClN3O4. The molecule has 0 saturated carbocycles. The van der Waals surface area contributed by atoms with Gasteiger partial charge in [0.25, 0.3) is 5.91 Å². The van der Waals surface area contributed by atoms with Crippen LogP contribution in [0, 0.1) is 0 Å². The van der Waals surface area contributed by atoms with Crippen molar-refractivity contribution in [3.63, 3.8) is 0 Å². The standard InChI is InChI=1S/C29H28ClN3O4/c1-35-17-5-16-33-28(20-10-14-23(15-11-20)37-18-21-6-3-4-7-24(21)30)25-26(31-32-27(25)29(33)34)19-8-12-22(36-2)13-9-19/h3-4,6-15,28H,5,16-18H2,1-2H3,(H,31,32). The van der Waals surface area contributed by atoms with Crippen LogP contribution < -0.4 is 9.47 Å². The van der Waals surface area contributed by atoms with Crippen LogP contribution in [0.15, 0.2) is 72.8 Å². The van der Waals surface area contributed by atoms with Crippen molar-refractivity contribution >= 4 is 17.5 Å². The van der Waals surface area contributed by atoms with E-state index in [0.717, 1.165) is 45.9 Å². The largest absolute Gasteiger partial charge is 0.497 e. The maximum atomic E-state index is 13.4. The smallest absolute Gasteiger partial charge is 0.273 e. The molecule has 0 spiro atoms. The number of rotatable bonds is 10. The number of amides is 1. The number of aromatic nitrogens is 2. The summed E-state index contributed by atoms with van der Waals surface area (Å²) < 4.78 is 16.5. The number of carbonyl (C=O) groups excluding carboxylic acids is 1. The zero-order valence-electron chi connectivity index (χ0n) is 20.7. The van der Waals surface area contributed by atoms with Crippen LogP contribution in [0.25, 0.3) is 11.3 Å². The van der Waals surface area contributed by atoms with Gasteiger partial charge in [0.2, 0.25) is 0 Å². The lowest BCUT2D eigenvalue weighted by atomic mass is 9.96. The van der Waals surface area contributed by atoms with Gasteiger partial charge in [0.1, 0.15) is 23.8 Å². The number of hydrogen-bond acceptors (Lipinski definition) is 5. The van der Waals surface area contributed by atoms with Crippen LogP contribution in [0.5, 0.6) is 11.5 Å². The van der Waals surface area contributed by atoms with Crippen molar-refractivity contribution in [3.05, 3.63) is 100 Å². The predicted molar refractivity (Wildman–Crippen MR) is 142 cm³/mol. The number of halogens is 1. The summed E-state index contributed by atoms with van der Waals surface area (Å²) in [5, 5.41) is 8.21. The quantitative estimate of drug-likeness (QED) is 0.265.